The van der Waals surface area contributed by atoms with Gasteiger partial charge in [-0.05, 0) is 0 Å². The number of thiophene rings is 1. The SMILES string of the molecule is C[Si]1(C)c2cc(C=C3C(=O)c4c[se]cc4C3=O)sc2-n2c3ccccc3c3cccc1c32. The van der Waals surface area contributed by atoms with E-state index in [-0.39, 0.29) is 26.1 Å². The Bertz CT molecular complexity index is 1670. The molecule has 1 aliphatic carbocycles. The van der Waals surface area contributed by atoms with Crippen LogP contribution in [-0.2, 0) is 0 Å². The number of hydrogen-bond acceptors (Lipinski definition) is 3. The van der Waals surface area contributed by atoms with Crippen molar-refractivity contribution in [2.24, 2.45) is 0 Å². The fraction of sp³-hybridized carbons (Fsp3) is 0.0769. The molecule has 1 aliphatic heterocycles. The van der Waals surface area contributed by atoms with Gasteiger partial charge >= 0.3 is 190 Å². The normalized spacial score (nSPS) is 16.1. The van der Waals surface area contributed by atoms with Gasteiger partial charge in [0.15, 0.2) is 0 Å². The zero-order valence-electron chi connectivity index (χ0n) is 17.4. The summed E-state index contributed by atoms with van der Waals surface area (Å²) in [5.41, 5.74) is 4.07. The van der Waals surface area contributed by atoms with Crippen molar-refractivity contribution in [2.45, 2.75) is 13.1 Å². The van der Waals surface area contributed by atoms with Gasteiger partial charge in [0, 0.05) is 0 Å². The summed E-state index contributed by atoms with van der Waals surface area (Å²) < 4.78 is 2.40. The third-order valence-electron chi connectivity index (χ3n) is 6.90. The van der Waals surface area contributed by atoms with Crippen LogP contribution in [0.2, 0.25) is 13.1 Å². The topological polar surface area (TPSA) is 39.1 Å². The molecule has 5 aromatic rings. The molecule has 7 rings (SSSR count). The molecule has 0 N–H and O–H groups in total. The van der Waals surface area contributed by atoms with Crippen LogP contribution in [0.4, 0.5) is 0 Å². The summed E-state index contributed by atoms with van der Waals surface area (Å²) in [6.07, 6.45) is 1.83. The predicted molar refractivity (Wildman–Crippen MR) is 135 cm³/mol. The quantitative estimate of drug-likeness (QED) is 0.188. The number of fused-ring (bicyclic) bond motifs is 6. The van der Waals surface area contributed by atoms with E-state index < -0.39 is 8.07 Å². The molecule has 0 fully saturated rings. The van der Waals surface area contributed by atoms with Gasteiger partial charge in [-0.1, -0.05) is 6.07 Å². The van der Waals surface area contributed by atoms with Crippen molar-refractivity contribution in [1.29, 1.82) is 0 Å². The molecule has 2 aliphatic rings. The van der Waals surface area contributed by atoms with Crippen molar-refractivity contribution in [1.82, 2.24) is 4.57 Å². The van der Waals surface area contributed by atoms with Crippen LogP contribution < -0.4 is 10.4 Å². The molecule has 32 heavy (non-hydrogen) atoms. The molecule has 0 unspecified atom stereocenters. The predicted octanol–water partition coefficient (Wildman–Crippen LogP) is 4.50. The molecule has 0 spiro atoms. The van der Waals surface area contributed by atoms with Crippen molar-refractivity contribution < 1.29 is 9.59 Å². The number of nitrogens with zero attached hydrogens (tertiary/aromatic N) is 1. The number of rotatable bonds is 1. The second-order valence-corrected chi connectivity index (χ2v) is 15.9. The Morgan fingerprint density at radius 1 is 0.906 bits per heavy atom. The maximum atomic E-state index is 12.9. The van der Waals surface area contributed by atoms with E-state index in [9.17, 15) is 9.59 Å². The van der Waals surface area contributed by atoms with E-state index >= 15 is 0 Å². The summed E-state index contributed by atoms with van der Waals surface area (Å²) in [5.74, 6) is -0.221. The van der Waals surface area contributed by atoms with Gasteiger partial charge in [-0.15, -0.1) is 0 Å². The first-order chi connectivity index (χ1) is 15.5. The Morgan fingerprint density at radius 3 is 2.41 bits per heavy atom. The molecule has 0 saturated heterocycles. The van der Waals surface area contributed by atoms with Crippen LogP contribution in [0.5, 0.6) is 0 Å². The van der Waals surface area contributed by atoms with Gasteiger partial charge < -0.3 is 0 Å². The second kappa shape index (κ2) is 6.18. The zero-order valence-corrected chi connectivity index (χ0v) is 21.0. The zero-order chi connectivity index (χ0) is 21.8. The van der Waals surface area contributed by atoms with Gasteiger partial charge in [-0.3, -0.25) is 0 Å². The minimum absolute atomic E-state index is 0.111. The Morgan fingerprint density at radius 2 is 1.62 bits per heavy atom. The first-order valence-corrected chi connectivity index (χ1v) is 16.3. The molecule has 0 bridgehead atoms. The summed E-state index contributed by atoms with van der Waals surface area (Å²) in [7, 11) is -1.95. The minimum atomic E-state index is -1.95. The van der Waals surface area contributed by atoms with Crippen LogP contribution in [-0.4, -0.2) is 38.7 Å². The third-order valence-corrected chi connectivity index (χ3v) is 13.2. The van der Waals surface area contributed by atoms with Crippen LogP contribution in [0.1, 0.15) is 25.6 Å². The van der Waals surface area contributed by atoms with Crippen LogP contribution in [0.15, 0.2) is 64.0 Å². The number of Topliss-reactive ketones (excluding diaryl/α,β-unsaturated/α-hetero) is 2. The number of carbonyl (C=O) groups excluding carboxylic acids is 2. The average molecular weight is 515 g/mol. The van der Waals surface area contributed by atoms with Crippen LogP contribution in [0.25, 0.3) is 32.9 Å². The summed E-state index contributed by atoms with van der Waals surface area (Å²) >= 11 is 1.83. The molecule has 3 nitrogen and oxygen atoms in total. The molecule has 154 valence electrons. The van der Waals surface area contributed by atoms with Crippen molar-refractivity contribution in [3.8, 4) is 5.00 Å². The Hall–Kier alpha value is -2.76. The molecule has 0 radical (unpaired) electrons. The monoisotopic (exact) mass is 515 g/mol. The van der Waals surface area contributed by atoms with Gasteiger partial charge in [0.1, 0.15) is 0 Å². The number of carbonyl (C=O) groups is 2. The van der Waals surface area contributed by atoms with E-state index in [1.807, 2.05) is 16.0 Å². The Labute approximate surface area is 195 Å². The van der Waals surface area contributed by atoms with E-state index in [0.29, 0.717) is 16.7 Å². The van der Waals surface area contributed by atoms with E-state index in [0.717, 1.165) is 4.88 Å². The molecule has 0 atom stereocenters. The van der Waals surface area contributed by atoms with Gasteiger partial charge in [0.2, 0.25) is 0 Å². The van der Waals surface area contributed by atoms with E-state index in [4.69, 9.17) is 0 Å². The van der Waals surface area contributed by atoms with E-state index in [2.05, 4.69) is 66.2 Å². The molecule has 3 aromatic heterocycles. The van der Waals surface area contributed by atoms with E-state index in [1.54, 1.807) is 11.3 Å². The van der Waals surface area contributed by atoms with Crippen LogP contribution >= 0.6 is 11.3 Å². The summed E-state index contributed by atoms with van der Waals surface area (Å²) in [6.45, 7) is 4.80. The number of para-hydroxylation sites is 2. The summed E-state index contributed by atoms with van der Waals surface area (Å²) in [6, 6.07) is 17.5. The third kappa shape index (κ3) is 2.20. The molecule has 2 aromatic carbocycles. The fourth-order valence-electron chi connectivity index (χ4n) is 5.28. The second-order valence-electron chi connectivity index (χ2n) is 8.96. The molecule has 6 heteroatoms. The van der Waals surface area contributed by atoms with Crippen molar-refractivity contribution in [2.75, 3.05) is 0 Å². The van der Waals surface area contributed by atoms with Gasteiger partial charge in [0.05, 0.1) is 0 Å². The number of allylic oxidation sites excluding steroid dienone is 1. The maximum absolute atomic E-state index is 12.9. The standard InChI is InChI=1S/C26H17NO2SSeSi/c1-32(2)21-9-5-7-16-15-6-3-4-8-20(15)27(23(16)21)26-22(32)11-14(30-26)10-17-24(28)18-12-31-13-19(18)25(17)29/h3-13H,1-2H3. The van der Waals surface area contributed by atoms with Crippen molar-refractivity contribution in [3.05, 3.63) is 80.0 Å². The van der Waals surface area contributed by atoms with Crippen LogP contribution in [0, 0.1) is 0 Å². The Balaban J connectivity index is 1.51. The van der Waals surface area contributed by atoms with Gasteiger partial charge in [-0.2, -0.15) is 0 Å². The molecule has 0 saturated carbocycles. The van der Waals surface area contributed by atoms with Gasteiger partial charge in [0.25, 0.3) is 0 Å². The molecule has 4 heterocycles. The summed E-state index contributed by atoms with van der Waals surface area (Å²) in [4.78, 5) is 30.6. The van der Waals surface area contributed by atoms with Crippen molar-refractivity contribution >= 4 is 83.7 Å². The van der Waals surface area contributed by atoms with Gasteiger partial charge in [-0.25, -0.2) is 0 Å². The molecular weight excluding hydrogens is 497 g/mol. The Kier molecular flexibility index (Phi) is 3.62. The van der Waals surface area contributed by atoms with Crippen LogP contribution in [0.3, 0.4) is 0 Å². The average Bonchev–Trinajstić information content (AvgIpc) is 3.54. The number of ketones is 2. The molecular formula is C26H17NO2SSeSi. The fourth-order valence-corrected chi connectivity index (χ4v) is 11.8. The number of benzene rings is 2. The number of aromatic nitrogens is 1. The molecule has 0 amide bonds. The first kappa shape index (κ1) is 18.8. The first-order valence-electron chi connectivity index (χ1n) is 10.5. The van der Waals surface area contributed by atoms with E-state index in [1.165, 1.54) is 37.2 Å². The number of hydrogen-bond donors (Lipinski definition) is 0. The summed E-state index contributed by atoms with van der Waals surface area (Å²) in [5, 5.41) is 6.61. The van der Waals surface area contributed by atoms with Crippen molar-refractivity contribution in [3.63, 3.8) is 0 Å².